The van der Waals surface area contributed by atoms with Crippen LogP contribution >= 0.6 is 0 Å². The number of hydrogen-bond acceptors (Lipinski definition) is 3. The topological polar surface area (TPSA) is 33.1 Å². The summed E-state index contributed by atoms with van der Waals surface area (Å²) in [5.41, 5.74) is 3.44. The van der Waals surface area contributed by atoms with Crippen LogP contribution in [0.15, 0.2) is 73.3 Å². The van der Waals surface area contributed by atoms with E-state index in [1.807, 2.05) is 23.0 Å². The van der Waals surface area contributed by atoms with Crippen molar-refractivity contribution in [3.05, 3.63) is 78.9 Å². The van der Waals surface area contributed by atoms with E-state index in [1.165, 1.54) is 12.0 Å². The summed E-state index contributed by atoms with van der Waals surface area (Å²) in [4.78, 5) is 2.36. The Morgan fingerprint density at radius 1 is 1.22 bits per heavy atom. The first-order valence-electron chi connectivity index (χ1n) is 8.12. The van der Waals surface area contributed by atoms with Gasteiger partial charge in [-0.15, -0.1) is 0 Å². The number of likely N-dealkylation sites (tertiary alicyclic amines) is 1. The van der Waals surface area contributed by atoms with Gasteiger partial charge in [0.15, 0.2) is 0 Å². The Labute approximate surface area is 138 Å². The Kier molecular flexibility index (Phi) is 4.81. The molecule has 1 fully saturated rings. The lowest BCUT2D eigenvalue weighted by Crippen LogP contribution is -2.35. The third-order valence-corrected chi connectivity index (χ3v) is 4.33. The van der Waals surface area contributed by atoms with Crippen LogP contribution in [-0.4, -0.2) is 27.3 Å². The summed E-state index contributed by atoms with van der Waals surface area (Å²) in [6, 6.07) is 12.7. The first kappa shape index (κ1) is 15.4. The summed E-state index contributed by atoms with van der Waals surface area (Å²) in [5, 5.41) is 7.75. The van der Waals surface area contributed by atoms with Gasteiger partial charge in [0.25, 0.3) is 0 Å². The lowest BCUT2D eigenvalue weighted by Gasteiger charge is -2.30. The molecule has 4 heteroatoms. The van der Waals surface area contributed by atoms with Gasteiger partial charge in [-0.3, -0.25) is 4.68 Å². The summed E-state index contributed by atoms with van der Waals surface area (Å²) in [6.07, 6.45) is 6.07. The fraction of sp³-hybridized carbons (Fsp3) is 0.316. The van der Waals surface area contributed by atoms with Crippen LogP contribution in [0, 0.1) is 0 Å². The zero-order valence-electron chi connectivity index (χ0n) is 13.5. The Hall–Kier alpha value is -2.49. The van der Waals surface area contributed by atoms with Crippen LogP contribution in [0.1, 0.15) is 18.4 Å². The number of nitrogens with one attached hydrogen (secondary N) is 1. The fourth-order valence-electron chi connectivity index (χ4n) is 3.11. The predicted molar refractivity (Wildman–Crippen MR) is 93.5 cm³/mol. The van der Waals surface area contributed by atoms with E-state index in [0.717, 1.165) is 37.4 Å². The van der Waals surface area contributed by atoms with Gasteiger partial charge in [0.05, 0.1) is 12.6 Å². The minimum Gasteiger partial charge on any atom is -0.383 e. The van der Waals surface area contributed by atoms with E-state index in [2.05, 4.69) is 52.7 Å². The van der Waals surface area contributed by atoms with E-state index in [1.54, 1.807) is 6.20 Å². The van der Waals surface area contributed by atoms with Crippen molar-refractivity contribution in [3.8, 4) is 0 Å². The van der Waals surface area contributed by atoms with Gasteiger partial charge >= 0.3 is 0 Å². The van der Waals surface area contributed by atoms with Crippen LogP contribution in [0.25, 0.3) is 0 Å². The van der Waals surface area contributed by atoms with Crippen LogP contribution in [0.5, 0.6) is 0 Å². The maximum absolute atomic E-state index is 4.27. The van der Waals surface area contributed by atoms with Crippen LogP contribution in [0.3, 0.4) is 0 Å². The van der Waals surface area contributed by atoms with Gasteiger partial charge in [0, 0.05) is 36.9 Å². The largest absolute Gasteiger partial charge is 0.383 e. The zero-order chi connectivity index (χ0) is 16.1. The fourth-order valence-corrected chi connectivity index (χ4v) is 3.11. The number of benzene rings is 1. The molecule has 120 valence electrons. The predicted octanol–water partition coefficient (Wildman–Crippen LogP) is 3.16. The Morgan fingerprint density at radius 2 is 2.04 bits per heavy atom. The molecule has 2 aromatic rings. The van der Waals surface area contributed by atoms with Gasteiger partial charge in [-0.05, 0) is 24.5 Å². The molecule has 0 saturated carbocycles. The Bertz CT molecular complexity index is 645. The van der Waals surface area contributed by atoms with E-state index in [-0.39, 0.29) is 0 Å². The van der Waals surface area contributed by atoms with Crippen molar-refractivity contribution in [3.63, 3.8) is 0 Å². The van der Waals surface area contributed by atoms with E-state index in [0.29, 0.717) is 6.04 Å². The molecule has 1 N–H and O–H groups in total. The molecule has 23 heavy (non-hydrogen) atoms. The molecule has 0 amide bonds. The third-order valence-electron chi connectivity index (χ3n) is 4.33. The molecule has 0 spiro atoms. The third kappa shape index (κ3) is 3.83. The van der Waals surface area contributed by atoms with Gasteiger partial charge in [-0.25, -0.2) is 0 Å². The highest BCUT2D eigenvalue weighted by Gasteiger charge is 2.27. The molecule has 0 radical (unpaired) electrons. The molecule has 1 aromatic heterocycles. The van der Waals surface area contributed by atoms with Crippen LogP contribution in [-0.2, 0) is 13.1 Å². The second kappa shape index (κ2) is 7.18. The monoisotopic (exact) mass is 308 g/mol. The maximum Gasteiger partial charge on any atom is 0.0801 e. The number of rotatable bonds is 7. The van der Waals surface area contributed by atoms with Crippen molar-refractivity contribution >= 4 is 0 Å². The molecule has 3 rings (SSSR count). The Morgan fingerprint density at radius 3 is 2.78 bits per heavy atom. The highest BCUT2D eigenvalue weighted by molar-refractivity contribution is 5.18. The molecule has 1 aliphatic rings. The first-order valence-corrected chi connectivity index (χ1v) is 8.12. The van der Waals surface area contributed by atoms with Crippen molar-refractivity contribution in [2.24, 2.45) is 0 Å². The molecule has 1 atom stereocenters. The van der Waals surface area contributed by atoms with Crippen molar-refractivity contribution in [1.29, 1.82) is 0 Å². The molecule has 0 aliphatic carbocycles. The molecule has 1 unspecified atom stereocenters. The van der Waals surface area contributed by atoms with Gasteiger partial charge in [0.2, 0.25) is 0 Å². The highest BCUT2D eigenvalue weighted by Crippen LogP contribution is 2.26. The zero-order valence-corrected chi connectivity index (χ0v) is 13.5. The number of allylic oxidation sites excluding steroid dienone is 1. The molecule has 1 aliphatic heterocycles. The average Bonchev–Trinajstić information content (AvgIpc) is 3.24. The quantitative estimate of drug-likeness (QED) is 0.853. The molecular formula is C19H24N4. The van der Waals surface area contributed by atoms with Crippen molar-refractivity contribution < 1.29 is 0 Å². The van der Waals surface area contributed by atoms with E-state index < -0.39 is 0 Å². The second-order valence-corrected chi connectivity index (χ2v) is 5.99. The van der Waals surface area contributed by atoms with Gasteiger partial charge in [-0.1, -0.05) is 43.5 Å². The van der Waals surface area contributed by atoms with E-state index in [9.17, 15) is 0 Å². The van der Waals surface area contributed by atoms with Crippen LogP contribution in [0.2, 0.25) is 0 Å². The lowest BCUT2D eigenvalue weighted by molar-refractivity contribution is 0.323. The summed E-state index contributed by atoms with van der Waals surface area (Å²) >= 11 is 0. The van der Waals surface area contributed by atoms with Gasteiger partial charge < -0.3 is 10.2 Å². The lowest BCUT2D eigenvalue weighted by atomic mass is 10.1. The second-order valence-electron chi connectivity index (χ2n) is 5.99. The van der Waals surface area contributed by atoms with Crippen LogP contribution < -0.4 is 5.32 Å². The molecular weight excluding hydrogens is 284 g/mol. The minimum absolute atomic E-state index is 0.321. The minimum atomic E-state index is 0.321. The first-order chi connectivity index (χ1) is 11.2. The number of nitrogens with zero attached hydrogens (tertiary/aromatic N) is 3. The van der Waals surface area contributed by atoms with Gasteiger partial charge in [0.1, 0.15) is 0 Å². The van der Waals surface area contributed by atoms with E-state index >= 15 is 0 Å². The summed E-state index contributed by atoms with van der Waals surface area (Å²) in [6.45, 7) is 11.1. The molecule has 2 heterocycles. The number of aromatic nitrogens is 2. The summed E-state index contributed by atoms with van der Waals surface area (Å²) in [5.74, 6) is 0. The van der Waals surface area contributed by atoms with E-state index in [4.69, 9.17) is 0 Å². The molecule has 4 nitrogen and oxygen atoms in total. The molecule has 1 aromatic carbocycles. The smallest absolute Gasteiger partial charge is 0.0801 e. The molecule has 0 bridgehead atoms. The molecule has 1 saturated heterocycles. The Balaban J connectivity index is 1.57. The standard InChI is InChI=1S/C19H24N4/c1-16(15-22-12-7-11-21-22)23-13-6-10-19(23)17(2)20-14-18-8-4-3-5-9-18/h3-5,7-9,11-12,19-20H,1-2,6,10,13-15H2. The van der Waals surface area contributed by atoms with Gasteiger partial charge in [-0.2, -0.15) is 5.10 Å². The average molecular weight is 308 g/mol. The van der Waals surface area contributed by atoms with Crippen molar-refractivity contribution in [1.82, 2.24) is 20.0 Å². The van der Waals surface area contributed by atoms with Crippen molar-refractivity contribution in [2.75, 3.05) is 6.54 Å². The normalized spacial score (nSPS) is 17.2. The SMILES string of the molecule is C=C(NCc1ccccc1)C1CCCN1C(=C)Cn1cccn1. The maximum atomic E-state index is 4.27. The van der Waals surface area contributed by atoms with Crippen molar-refractivity contribution in [2.45, 2.75) is 32.0 Å². The summed E-state index contributed by atoms with van der Waals surface area (Å²) < 4.78 is 1.91. The summed E-state index contributed by atoms with van der Waals surface area (Å²) in [7, 11) is 0. The number of hydrogen-bond donors (Lipinski definition) is 1. The van der Waals surface area contributed by atoms with Crippen LogP contribution in [0.4, 0.5) is 0 Å². The highest BCUT2D eigenvalue weighted by atomic mass is 15.3.